The molecule has 0 atom stereocenters. The zero-order valence-corrected chi connectivity index (χ0v) is 21.4. The van der Waals surface area contributed by atoms with Gasteiger partial charge in [-0.05, 0) is 55.4 Å². The maximum absolute atomic E-state index is 13.2. The summed E-state index contributed by atoms with van der Waals surface area (Å²) in [6.07, 6.45) is 6.13. The monoisotopic (exact) mass is 493 g/mol. The molecule has 2 amide bonds. The number of nitrogens with one attached hydrogen (secondary N) is 1. The predicted octanol–water partition coefficient (Wildman–Crippen LogP) is 2.69. The first-order valence-corrected chi connectivity index (χ1v) is 12.5. The summed E-state index contributed by atoms with van der Waals surface area (Å²) < 4.78 is 3.11. The Labute approximate surface area is 210 Å². The van der Waals surface area contributed by atoms with E-state index in [1.807, 2.05) is 24.3 Å². The van der Waals surface area contributed by atoms with Crippen molar-refractivity contribution in [2.24, 2.45) is 5.41 Å². The van der Waals surface area contributed by atoms with E-state index in [0.29, 0.717) is 48.4 Å². The zero-order chi connectivity index (χ0) is 25.7. The molecule has 2 aliphatic rings. The highest BCUT2D eigenvalue weighted by atomic mass is 16.3. The highest BCUT2D eigenvalue weighted by molar-refractivity contribution is 5.75. The molecule has 3 heterocycles. The standard InChI is InChI=1S/C26H35N7O3/c1-25(2)13-19(14-25)29-18-5-7-20(8-6-18)33-22-21(15-28-33)23(34)32(17-27-22)16-26(36)9-11-31(12-10-26)24(35)30(3)4/h5-8,15,17,19,29,36H,9-14,16H2,1-4H3. The van der Waals surface area contributed by atoms with Gasteiger partial charge < -0.3 is 20.2 Å². The summed E-state index contributed by atoms with van der Waals surface area (Å²) in [5.74, 6) is 0. The fourth-order valence-electron chi connectivity index (χ4n) is 5.43. The molecule has 192 valence electrons. The molecule has 10 heteroatoms. The van der Waals surface area contributed by atoms with Gasteiger partial charge in [0.25, 0.3) is 5.56 Å². The normalized spacial score (nSPS) is 19.2. The summed E-state index contributed by atoms with van der Waals surface area (Å²) in [4.78, 5) is 33.1. The number of hydrogen-bond acceptors (Lipinski definition) is 6. The van der Waals surface area contributed by atoms with Gasteiger partial charge in [0.2, 0.25) is 0 Å². The Bertz CT molecular complexity index is 1310. The Morgan fingerprint density at radius 3 is 2.44 bits per heavy atom. The molecule has 2 aromatic heterocycles. The number of amides is 2. The Balaban J connectivity index is 1.29. The van der Waals surface area contributed by atoms with Gasteiger partial charge in [0.1, 0.15) is 11.7 Å². The minimum absolute atomic E-state index is 0.0690. The molecule has 1 aliphatic carbocycles. The molecule has 0 spiro atoms. The number of piperidine rings is 1. The summed E-state index contributed by atoms with van der Waals surface area (Å²) in [5, 5.41) is 19.5. The Morgan fingerprint density at radius 2 is 1.83 bits per heavy atom. The molecule has 0 radical (unpaired) electrons. The van der Waals surface area contributed by atoms with E-state index in [0.717, 1.165) is 24.2 Å². The lowest BCUT2D eigenvalue weighted by molar-refractivity contribution is -0.0282. The summed E-state index contributed by atoms with van der Waals surface area (Å²) in [6, 6.07) is 8.43. The minimum Gasteiger partial charge on any atom is -0.388 e. The minimum atomic E-state index is -1.07. The summed E-state index contributed by atoms with van der Waals surface area (Å²) in [5.41, 5.74) is 1.48. The summed E-state index contributed by atoms with van der Waals surface area (Å²) in [7, 11) is 3.43. The maximum atomic E-state index is 13.2. The third kappa shape index (κ3) is 4.69. The first-order valence-electron chi connectivity index (χ1n) is 12.5. The number of likely N-dealkylation sites (tertiary alicyclic amines) is 1. The van der Waals surface area contributed by atoms with Crippen molar-refractivity contribution in [2.75, 3.05) is 32.5 Å². The Morgan fingerprint density at radius 1 is 1.17 bits per heavy atom. The fourth-order valence-corrected chi connectivity index (χ4v) is 5.43. The molecule has 1 saturated heterocycles. The van der Waals surface area contributed by atoms with Crippen LogP contribution in [0.3, 0.4) is 0 Å². The first kappa shape index (κ1) is 24.3. The maximum Gasteiger partial charge on any atom is 0.319 e. The van der Waals surface area contributed by atoms with Crippen LogP contribution in [0.2, 0.25) is 0 Å². The average Bonchev–Trinajstić information content (AvgIpc) is 3.25. The van der Waals surface area contributed by atoms with Crippen LogP contribution in [-0.2, 0) is 6.54 Å². The largest absolute Gasteiger partial charge is 0.388 e. The van der Waals surface area contributed by atoms with Gasteiger partial charge in [-0.15, -0.1) is 0 Å². The highest BCUT2D eigenvalue weighted by Gasteiger charge is 2.36. The molecule has 36 heavy (non-hydrogen) atoms. The number of nitrogens with zero attached hydrogens (tertiary/aromatic N) is 6. The van der Waals surface area contributed by atoms with E-state index < -0.39 is 5.60 Å². The third-order valence-electron chi connectivity index (χ3n) is 7.45. The van der Waals surface area contributed by atoms with Crippen LogP contribution in [0, 0.1) is 5.41 Å². The van der Waals surface area contributed by atoms with Gasteiger partial charge in [-0.25, -0.2) is 14.5 Å². The number of anilines is 1. The second kappa shape index (κ2) is 8.92. The number of benzene rings is 1. The fraction of sp³-hybridized carbons (Fsp3) is 0.538. The van der Waals surface area contributed by atoms with Crippen LogP contribution in [0.5, 0.6) is 0 Å². The lowest BCUT2D eigenvalue weighted by atomic mass is 9.68. The van der Waals surface area contributed by atoms with Crippen LogP contribution < -0.4 is 10.9 Å². The smallest absolute Gasteiger partial charge is 0.319 e. The molecule has 2 fully saturated rings. The van der Waals surface area contributed by atoms with Crippen LogP contribution in [0.1, 0.15) is 39.5 Å². The van der Waals surface area contributed by atoms with Gasteiger partial charge in [0.15, 0.2) is 5.65 Å². The highest BCUT2D eigenvalue weighted by Crippen LogP contribution is 2.41. The lowest BCUT2D eigenvalue weighted by Gasteiger charge is -2.43. The molecule has 3 aromatic rings. The number of aromatic nitrogens is 4. The quantitative estimate of drug-likeness (QED) is 0.566. The van der Waals surface area contributed by atoms with Crippen molar-refractivity contribution in [3.63, 3.8) is 0 Å². The first-order chi connectivity index (χ1) is 17.0. The van der Waals surface area contributed by atoms with Gasteiger partial charge in [0.05, 0.1) is 24.0 Å². The molecule has 5 rings (SSSR count). The van der Waals surface area contributed by atoms with E-state index in [9.17, 15) is 14.7 Å². The van der Waals surface area contributed by atoms with Crippen LogP contribution >= 0.6 is 0 Å². The summed E-state index contributed by atoms with van der Waals surface area (Å²) in [6.45, 7) is 5.59. The van der Waals surface area contributed by atoms with Gasteiger partial charge in [0, 0.05) is 38.9 Å². The van der Waals surface area contributed by atoms with Gasteiger partial charge in [-0.2, -0.15) is 5.10 Å². The number of hydrogen-bond donors (Lipinski definition) is 2. The Hall–Kier alpha value is -3.40. The molecular weight excluding hydrogens is 458 g/mol. The molecule has 10 nitrogen and oxygen atoms in total. The lowest BCUT2D eigenvalue weighted by Crippen LogP contribution is -2.51. The number of aliphatic hydroxyl groups is 1. The molecule has 1 saturated carbocycles. The molecule has 0 unspecified atom stereocenters. The van der Waals surface area contributed by atoms with Crippen LogP contribution in [0.4, 0.5) is 10.5 Å². The van der Waals surface area contributed by atoms with Crippen LogP contribution in [0.25, 0.3) is 16.7 Å². The Kier molecular flexibility index (Phi) is 6.02. The number of rotatable bonds is 5. The van der Waals surface area contributed by atoms with E-state index in [-0.39, 0.29) is 18.1 Å². The van der Waals surface area contributed by atoms with Crippen molar-refractivity contribution in [1.29, 1.82) is 0 Å². The van der Waals surface area contributed by atoms with E-state index >= 15 is 0 Å². The van der Waals surface area contributed by atoms with Crippen molar-refractivity contribution in [3.8, 4) is 5.69 Å². The van der Waals surface area contributed by atoms with Gasteiger partial charge >= 0.3 is 6.03 Å². The van der Waals surface area contributed by atoms with Crippen LogP contribution in [0.15, 0.2) is 41.6 Å². The molecule has 1 aliphatic heterocycles. The molecule has 0 bridgehead atoms. The molecule has 1 aromatic carbocycles. The van der Waals surface area contributed by atoms with E-state index in [4.69, 9.17) is 0 Å². The second-order valence-electron chi connectivity index (χ2n) is 11.3. The topological polar surface area (TPSA) is 109 Å². The third-order valence-corrected chi connectivity index (χ3v) is 7.45. The van der Waals surface area contributed by atoms with Crippen molar-refractivity contribution >= 4 is 22.8 Å². The van der Waals surface area contributed by atoms with Crippen molar-refractivity contribution in [2.45, 2.75) is 57.7 Å². The molecule has 2 N–H and O–H groups in total. The molecular formula is C26H35N7O3. The van der Waals surface area contributed by atoms with Gasteiger partial charge in [-0.3, -0.25) is 9.36 Å². The second-order valence-corrected chi connectivity index (χ2v) is 11.3. The van der Waals surface area contributed by atoms with E-state index in [2.05, 4.69) is 29.2 Å². The number of urea groups is 1. The van der Waals surface area contributed by atoms with E-state index in [1.54, 1.807) is 23.7 Å². The predicted molar refractivity (Wildman–Crippen MR) is 138 cm³/mol. The number of carbonyl (C=O) groups is 1. The van der Waals surface area contributed by atoms with Crippen molar-refractivity contribution < 1.29 is 9.90 Å². The number of fused-ring (bicyclic) bond motifs is 1. The van der Waals surface area contributed by atoms with Crippen LogP contribution in [-0.4, -0.2) is 79.1 Å². The van der Waals surface area contributed by atoms with Gasteiger partial charge in [-0.1, -0.05) is 13.8 Å². The van der Waals surface area contributed by atoms with E-state index in [1.165, 1.54) is 22.0 Å². The van der Waals surface area contributed by atoms with Crippen molar-refractivity contribution in [3.05, 3.63) is 47.1 Å². The number of carbonyl (C=O) groups excluding carboxylic acids is 1. The average molecular weight is 494 g/mol. The zero-order valence-electron chi connectivity index (χ0n) is 21.4. The summed E-state index contributed by atoms with van der Waals surface area (Å²) >= 11 is 0. The van der Waals surface area contributed by atoms with Crippen molar-refractivity contribution in [1.82, 2.24) is 29.1 Å². The SMILES string of the molecule is CN(C)C(=O)N1CCC(O)(Cn2cnc3c(cnn3-c3ccc(NC4CC(C)(C)C4)cc3)c2=O)CC1.